The largest absolute Gasteiger partial charge is 0.399 e. The number of anilines is 1. The van der Waals surface area contributed by atoms with Crippen LogP contribution in [0.15, 0.2) is 42.5 Å². The fourth-order valence-electron chi connectivity index (χ4n) is 3.61. The molecule has 0 spiro atoms. The van der Waals surface area contributed by atoms with Crippen LogP contribution in [0.2, 0.25) is 0 Å². The average Bonchev–Trinajstić information content (AvgIpc) is 2.63. The third kappa shape index (κ3) is 6.69. The Hall–Kier alpha value is -1.75. The summed E-state index contributed by atoms with van der Waals surface area (Å²) in [5.74, 6) is 0.717. The Labute approximate surface area is 180 Å². The molecule has 0 aliphatic carbocycles. The van der Waals surface area contributed by atoms with Crippen LogP contribution in [0, 0.1) is 12.8 Å². The van der Waals surface area contributed by atoms with Gasteiger partial charge in [-0.3, -0.25) is 9.69 Å². The molecule has 3 rings (SSSR count). The van der Waals surface area contributed by atoms with Crippen LogP contribution in [0.1, 0.15) is 46.8 Å². The van der Waals surface area contributed by atoms with Gasteiger partial charge < -0.3 is 11.1 Å². The Morgan fingerprint density at radius 2 is 1.82 bits per heavy atom. The van der Waals surface area contributed by atoms with Crippen LogP contribution in [-0.4, -0.2) is 23.9 Å². The second-order valence-corrected chi connectivity index (χ2v) is 7.56. The summed E-state index contributed by atoms with van der Waals surface area (Å²) < 4.78 is 0. The van der Waals surface area contributed by atoms with Crippen LogP contribution in [0.25, 0.3) is 0 Å². The number of rotatable bonds is 5. The zero-order valence-corrected chi connectivity index (χ0v) is 18.2. The molecule has 0 saturated carbocycles. The number of hydrogen-bond donors (Lipinski definition) is 2. The number of likely N-dealkylation sites (tertiary alicyclic amines) is 1. The van der Waals surface area contributed by atoms with Gasteiger partial charge in [-0.2, -0.15) is 0 Å². The van der Waals surface area contributed by atoms with E-state index in [0.717, 1.165) is 23.6 Å². The zero-order chi connectivity index (χ0) is 18.5. The Morgan fingerprint density at radius 1 is 1.14 bits per heavy atom. The summed E-state index contributed by atoms with van der Waals surface area (Å²) in [6, 6.07) is 14.0. The standard InChI is InChI=1S/C22H29N3O.2ClH/c1-16-4-3-11-25(14-16)15-19-8-6-18(7-9-19)13-24-22(26)21-12-20(23)10-5-17(21)2;;/h5-10,12,16H,3-4,11,13-15,23H2,1-2H3,(H,24,26);2*1H. The highest BCUT2D eigenvalue weighted by Gasteiger charge is 2.16. The van der Waals surface area contributed by atoms with Gasteiger partial charge in [-0.1, -0.05) is 37.3 Å². The summed E-state index contributed by atoms with van der Waals surface area (Å²) in [5.41, 5.74) is 10.4. The van der Waals surface area contributed by atoms with Crippen molar-refractivity contribution in [2.45, 2.75) is 39.8 Å². The molecular weight excluding hydrogens is 393 g/mol. The zero-order valence-electron chi connectivity index (χ0n) is 16.6. The van der Waals surface area contributed by atoms with E-state index in [4.69, 9.17) is 5.73 Å². The number of aryl methyl sites for hydroxylation is 1. The Kier molecular flexibility index (Phi) is 9.80. The van der Waals surface area contributed by atoms with Gasteiger partial charge in [-0.15, -0.1) is 24.8 Å². The molecule has 1 aliphatic rings. The van der Waals surface area contributed by atoms with Crippen molar-refractivity contribution in [2.75, 3.05) is 18.8 Å². The molecule has 1 saturated heterocycles. The van der Waals surface area contributed by atoms with E-state index >= 15 is 0 Å². The number of amides is 1. The van der Waals surface area contributed by atoms with Gasteiger partial charge in [-0.25, -0.2) is 0 Å². The van der Waals surface area contributed by atoms with E-state index in [-0.39, 0.29) is 30.7 Å². The Balaban J connectivity index is 0.00000196. The van der Waals surface area contributed by atoms with E-state index in [1.807, 2.05) is 19.1 Å². The molecule has 1 aliphatic heterocycles. The first-order valence-electron chi connectivity index (χ1n) is 9.46. The van der Waals surface area contributed by atoms with Crippen LogP contribution >= 0.6 is 24.8 Å². The molecule has 4 nitrogen and oxygen atoms in total. The monoisotopic (exact) mass is 423 g/mol. The van der Waals surface area contributed by atoms with Crippen LogP contribution in [0.4, 0.5) is 5.69 Å². The molecule has 6 heteroatoms. The van der Waals surface area contributed by atoms with Crippen molar-refractivity contribution in [1.29, 1.82) is 0 Å². The maximum Gasteiger partial charge on any atom is 0.251 e. The van der Waals surface area contributed by atoms with Gasteiger partial charge in [-0.05, 0) is 61.1 Å². The van der Waals surface area contributed by atoms with Crippen molar-refractivity contribution in [1.82, 2.24) is 10.2 Å². The highest BCUT2D eigenvalue weighted by molar-refractivity contribution is 5.96. The number of benzene rings is 2. The highest BCUT2D eigenvalue weighted by Crippen LogP contribution is 2.18. The Bertz CT molecular complexity index is 765. The molecule has 1 atom stereocenters. The fraction of sp³-hybridized carbons (Fsp3) is 0.409. The lowest BCUT2D eigenvalue weighted by Crippen LogP contribution is -2.33. The molecule has 1 heterocycles. The van der Waals surface area contributed by atoms with Crippen molar-refractivity contribution in [3.05, 3.63) is 64.7 Å². The summed E-state index contributed by atoms with van der Waals surface area (Å²) in [6.07, 6.45) is 2.65. The summed E-state index contributed by atoms with van der Waals surface area (Å²) in [7, 11) is 0. The van der Waals surface area contributed by atoms with E-state index < -0.39 is 0 Å². The molecule has 2 aromatic carbocycles. The number of nitrogens with zero attached hydrogens (tertiary/aromatic N) is 1. The van der Waals surface area contributed by atoms with Crippen LogP contribution in [0.3, 0.4) is 0 Å². The topological polar surface area (TPSA) is 58.4 Å². The van der Waals surface area contributed by atoms with Gasteiger partial charge in [0.25, 0.3) is 5.91 Å². The summed E-state index contributed by atoms with van der Waals surface area (Å²) >= 11 is 0. The second-order valence-electron chi connectivity index (χ2n) is 7.56. The molecule has 154 valence electrons. The van der Waals surface area contributed by atoms with Gasteiger partial charge in [0.1, 0.15) is 0 Å². The first-order chi connectivity index (χ1) is 12.5. The molecule has 1 fully saturated rings. The number of nitrogens with two attached hydrogens (primary N) is 1. The smallest absolute Gasteiger partial charge is 0.251 e. The summed E-state index contributed by atoms with van der Waals surface area (Å²) in [4.78, 5) is 14.9. The first kappa shape index (κ1) is 24.3. The van der Waals surface area contributed by atoms with Crippen LogP contribution < -0.4 is 11.1 Å². The molecule has 28 heavy (non-hydrogen) atoms. The van der Waals surface area contributed by atoms with E-state index in [1.165, 1.54) is 31.5 Å². The highest BCUT2D eigenvalue weighted by atomic mass is 35.5. The van der Waals surface area contributed by atoms with Crippen molar-refractivity contribution in [2.24, 2.45) is 5.92 Å². The minimum Gasteiger partial charge on any atom is -0.399 e. The van der Waals surface area contributed by atoms with E-state index in [9.17, 15) is 4.79 Å². The van der Waals surface area contributed by atoms with Crippen molar-refractivity contribution in [3.63, 3.8) is 0 Å². The lowest BCUT2D eigenvalue weighted by atomic mass is 9.99. The number of nitrogen functional groups attached to an aromatic ring is 1. The molecule has 1 unspecified atom stereocenters. The lowest BCUT2D eigenvalue weighted by Gasteiger charge is -2.30. The molecule has 0 aromatic heterocycles. The number of carbonyl (C=O) groups is 1. The molecule has 2 aromatic rings. The number of piperidine rings is 1. The minimum atomic E-state index is -0.0822. The van der Waals surface area contributed by atoms with E-state index in [1.54, 1.807) is 6.07 Å². The lowest BCUT2D eigenvalue weighted by molar-refractivity contribution is 0.0950. The molecular formula is C22H31Cl2N3O. The van der Waals surface area contributed by atoms with Crippen molar-refractivity contribution < 1.29 is 4.79 Å². The minimum absolute atomic E-state index is 0. The molecule has 1 amide bonds. The van der Waals surface area contributed by atoms with Gasteiger partial charge in [0.2, 0.25) is 0 Å². The summed E-state index contributed by atoms with van der Waals surface area (Å²) in [5, 5.41) is 2.99. The number of nitrogens with one attached hydrogen (secondary N) is 1. The maximum absolute atomic E-state index is 12.4. The second kappa shape index (κ2) is 11.3. The number of hydrogen-bond acceptors (Lipinski definition) is 3. The maximum atomic E-state index is 12.4. The number of carbonyl (C=O) groups excluding carboxylic acids is 1. The molecule has 3 N–H and O–H groups in total. The predicted molar refractivity (Wildman–Crippen MR) is 121 cm³/mol. The van der Waals surface area contributed by atoms with Gasteiger partial charge in [0.15, 0.2) is 0 Å². The van der Waals surface area contributed by atoms with E-state index in [2.05, 4.69) is 41.4 Å². The first-order valence-corrected chi connectivity index (χ1v) is 9.46. The van der Waals surface area contributed by atoms with Gasteiger partial charge >= 0.3 is 0 Å². The number of halogens is 2. The van der Waals surface area contributed by atoms with Crippen molar-refractivity contribution in [3.8, 4) is 0 Å². The van der Waals surface area contributed by atoms with Gasteiger partial charge in [0, 0.05) is 30.9 Å². The third-order valence-electron chi connectivity index (χ3n) is 5.13. The SMILES string of the molecule is Cc1ccc(N)cc1C(=O)NCc1ccc(CN2CCCC(C)C2)cc1.Cl.Cl. The normalized spacial score (nSPS) is 16.6. The van der Waals surface area contributed by atoms with E-state index in [0.29, 0.717) is 17.8 Å². The predicted octanol–water partition coefficient (Wildman–Crippen LogP) is 4.58. The average molecular weight is 424 g/mol. The fourth-order valence-corrected chi connectivity index (χ4v) is 3.61. The van der Waals surface area contributed by atoms with Crippen LogP contribution in [-0.2, 0) is 13.1 Å². The molecule has 0 radical (unpaired) electrons. The van der Waals surface area contributed by atoms with Gasteiger partial charge in [0.05, 0.1) is 0 Å². The Morgan fingerprint density at radius 3 is 2.50 bits per heavy atom. The molecule has 0 bridgehead atoms. The third-order valence-corrected chi connectivity index (χ3v) is 5.13. The summed E-state index contributed by atoms with van der Waals surface area (Å²) in [6.45, 7) is 8.18. The van der Waals surface area contributed by atoms with Crippen LogP contribution in [0.5, 0.6) is 0 Å². The van der Waals surface area contributed by atoms with Crippen molar-refractivity contribution >= 4 is 36.4 Å². The quantitative estimate of drug-likeness (QED) is 0.691.